The molecule has 112 valence electrons. The quantitative estimate of drug-likeness (QED) is 0.258. The van der Waals surface area contributed by atoms with Crippen molar-refractivity contribution in [2.75, 3.05) is 6.61 Å². The Balaban J connectivity index is 3.15. The highest BCUT2D eigenvalue weighted by molar-refractivity contribution is 5.73. The van der Waals surface area contributed by atoms with Crippen LogP contribution in [0.3, 0.4) is 0 Å². The normalized spacial score (nSPS) is 12.1. The highest BCUT2D eigenvalue weighted by Crippen LogP contribution is 2.10. The molecule has 0 rings (SSSR count). The molecule has 0 aromatic carbocycles. The molecule has 0 fully saturated rings. The summed E-state index contributed by atoms with van der Waals surface area (Å²) in [6.45, 7) is 8.21. The summed E-state index contributed by atoms with van der Waals surface area (Å²) in [5, 5.41) is 0. The van der Waals surface area contributed by atoms with E-state index in [9.17, 15) is 4.79 Å². The molecule has 0 spiro atoms. The van der Waals surface area contributed by atoms with Crippen molar-refractivity contribution in [3.05, 3.63) is 12.7 Å². The zero-order chi connectivity index (χ0) is 14.3. The Morgan fingerprint density at radius 3 is 1.95 bits per heavy atom. The van der Waals surface area contributed by atoms with E-state index in [0.717, 1.165) is 6.42 Å². The summed E-state index contributed by atoms with van der Waals surface area (Å²) in [6.07, 6.45) is 14.6. The smallest absolute Gasteiger partial charge is 0.312 e. The highest BCUT2D eigenvalue weighted by atomic mass is 16.5. The van der Waals surface area contributed by atoms with Gasteiger partial charge in [-0.05, 0) is 13.3 Å². The van der Waals surface area contributed by atoms with Crippen LogP contribution in [0.4, 0.5) is 0 Å². The van der Waals surface area contributed by atoms with Crippen LogP contribution in [0.15, 0.2) is 12.7 Å². The van der Waals surface area contributed by atoms with Gasteiger partial charge in [0.25, 0.3) is 0 Å². The van der Waals surface area contributed by atoms with Gasteiger partial charge in [-0.2, -0.15) is 0 Å². The Morgan fingerprint density at radius 2 is 1.47 bits per heavy atom. The maximum absolute atomic E-state index is 11.3. The zero-order valence-corrected chi connectivity index (χ0v) is 13.0. The molecular formula is C17H32O2. The average Bonchev–Trinajstić information content (AvgIpc) is 2.43. The number of rotatable bonds is 13. The largest absolute Gasteiger partial charge is 0.465 e. The van der Waals surface area contributed by atoms with Gasteiger partial charge in [0.2, 0.25) is 0 Å². The fourth-order valence-electron chi connectivity index (χ4n) is 1.99. The topological polar surface area (TPSA) is 26.3 Å². The summed E-state index contributed by atoms with van der Waals surface area (Å²) < 4.78 is 5.16. The fraction of sp³-hybridized carbons (Fsp3) is 0.824. The molecule has 0 radical (unpaired) electrons. The standard InChI is InChI=1S/C17H32O2/c1-4-6-7-8-9-10-11-12-13-14-15-19-17(18)16(3)5-2/h5,16H,2,4,6-15H2,1,3H3. The fourth-order valence-corrected chi connectivity index (χ4v) is 1.99. The minimum Gasteiger partial charge on any atom is -0.465 e. The predicted molar refractivity (Wildman–Crippen MR) is 82.2 cm³/mol. The molecule has 0 aromatic heterocycles. The molecule has 0 saturated carbocycles. The highest BCUT2D eigenvalue weighted by Gasteiger charge is 2.08. The number of hydrogen-bond acceptors (Lipinski definition) is 2. The zero-order valence-electron chi connectivity index (χ0n) is 13.0. The van der Waals surface area contributed by atoms with Crippen molar-refractivity contribution in [3.63, 3.8) is 0 Å². The summed E-state index contributed by atoms with van der Waals surface area (Å²) in [7, 11) is 0. The van der Waals surface area contributed by atoms with Crippen molar-refractivity contribution in [3.8, 4) is 0 Å². The van der Waals surface area contributed by atoms with E-state index >= 15 is 0 Å². The maximum atomic E-state index is 11.3. The number of carbonyl (C=O) groups is 1. The minimum absolute atomic E-state index is 0.147. The molecule has 1 unspecified atom stereocenters. The van der Waals surface area contributed by atoms with Crippen LogP contribution < -0.4 is 0 Å². The van der Waals surface area contributed by atoms with Crippen molar-refractivity contribution in [1.29, 1.82) is 0 Å². The van der Waals surface area contributed by atoms with E-state index in [1.807, 2.05) is 6.92 Å². The van der Waals surface area contributed by atoms with E-state index in [2.05, 4.69) is 13.5 Å². The Morgan fingerprint density at radius 1 is 1.00 bits per heavy atom. The molecule has 0 saturated heterocycles. The van der Waals surface area contributed by atoms with Gasteiger partial charge in [-0.3, -0.25) is 4.79 Å². The van der Waals surface area contributed by atoms with Crippen LogP contribution in [0, 0.1) is 5.92 Å². The van der Waals surface area contributed by atoms with Gasteiger partial charge in [0.15, 0.2) is 0 Å². The van der Waals surface area contributed by atoms with Crippen molar-refractivity contribution >= 4 is 5.97 Å². The average molecular weight is 268 g/mol. The third-order valence-electron chi connectivity index (χ3n) is 3.47. The summed E-state index contributed by atoms with van der Waals surface area (Å²) in [5.74, 6) is -0.325. The van der Waals surface area contributed by atoms with Gasteiger partial charge in [0.1, 0.15) is 0 Å². The van der Waals surface area contributed by atoms with Crippen LogP contribution in [0.2, 0.25) is 0 Å². The van der Waals surface area contributed by atoms with E-state index in [1.165, 1.54) is 57.8 Å². The summed E-state index contributed by atoms with van der Waals surface area (Å²) in [6, 6.07) is 0. The lowest BCUT2D eigenvalue weighted by Gasteiger charge is -2.07. The molecule has 0 bridgehead atoms. The summed E-state index contributed by atoms with van der Waals surface area (Å²) in [4.78, 5) is 11.3. The first-order valence-electron chi connectivity index (χ1n) is 8.01. The van der Waals surface area contributed by atoms with Gasteiger partial charge < -0.3 is 4.74 Å². The van der Waals surface area contributed by atoms with Crippen LogP contribution in [0.1, 0.15) is 78.1 Å². The number of ether oxygens (including phenoxy) is 1. The second-order valence-corrected chi connectivity index (χ2v) is 5.37. The number of esters is 1. The maximum Gasteiger partial charge on any atom is 0.312 e. The molecule has 0 aromatic rings. The van der Waals surface area contributed by atoms with E-state index in [0.29, 0.717) is 6.61 Å². The van der Waals surface area contributed by atoms with E-state index in [4.69, 9.17) is 4.74 Å². The summed E-state index contributed by atoms with van der Waals surface area (Å²) >= 11 is 0. The molecule has 2 nitrogen and oxygen atoms in total. The lowest BCUT2D eigenvalue weighted by molar-refractivity contribution is -0.146. The molecule has 0 aliphatic carbocycles. The first-order chi connectivity index (χ1) is 9.22. The molecule has 0 amide bonds. The minimum atomic E-state index is -0.178. The number of unbranched alkanes of at least 4 members (excludes halogenated alkanes) is 9. The van der Waals surface area contributed by atoms with E-state index < -0.39 is 0 Å². The van der Waals surface area contributed by atoms with Crippen LogP contribution in [-0.4, -0.2) is 12.6 Å². The molecule has 0 aliphatic rings. The lowest BCUT2D eigenvalue weighted by Crippen LogP contribution is -2.13. The molecule has 2 heteroatoms. The third-order valence-corrected chi connectivity index (χ3v) is 3.47. The second-order valence-electron chi connectivity index (χ2n) is 5.37. The Kier molecular flexibility index (Phi) is 13.1. The molecule has 0 N–H and O–H groups in total. The Hall–Kier alpha value is -0.790. The van der Waals surface area contributed by atoms with Crippen molar-refractivity contribution in [2.24, 2.45) is 5.92 Å². The van der Waals surface area contributed by atoms with E-state index in [-0.39, 0.29) is 11.9 Å². The van der Waals surface area contributed by atoms with E-state index in [1.54, 1.807) is 6.08 Å². The van der Waals surface area contributed by atoms with Crippen molar-refractivity contribution in [1.82, 2.24) is 0 Å². The van der Waals surface area contributed by atoms with Crippen LogP contribution in [0.25, 0.3) is 0 Å². The van der Waals surface area contributed by atoms with Gasteiger partial charge in [0, 0.05) is 0 Å². The van der Waals surface area contributed by atoms with Crippen LogP contribution >= 0.6 is 0 Å². The monoisotopic (exact) mass is 268 g/mol. The summed E-state index contributed by atoms with van der Waals surface area (Å²) in [5.41, 5.74) is 0. The van der Waals surface area contributed by atoms with Crippen molar-refractivity contribution in [2.45, 2.75) is 78.1 Å². The van der Waals surface area contributed by atoms with Crippen LogP contribution in [0.5, 0.6) is 0 Å². The number of hydrogen-bond donors (Lipinski definition) is 0. The molecule has 1 atom stereocenters. The second kappa shape index (κ2) is 13.6. The Labute approximate surface area is 119 Å². The first kappa shape index (κ1) is 18.2. The molecule has 19 heavy (non-hydrogen) atoms. The molecule has 0 aliphatic heterocycles. The molecular weight excluding hydrogens is 236 g/mol. The van der Waals surface area contributed by atoms with Gasteiger partial charge in [0.05, 0.1) is 12.5 Å². The van der Waals surface area contributed by atoms with Gasteiger partial charge in [-0.15, -0.1) is 6.58 Å². The Bertz CT molecular complexity index is 223. The third kappa shape index (κ3) is 12.0. The van der Waals surface area contributed by atoms with Gasteiger partial charge in [-0.25, -0.2) is 0 Å². The first-order valence-corrected chi connectivity index (χ1v) is 8.01. The number of carbonyl (C=O) groups excluding carboxylic acids is 1. The van der Waals surface area contributed by atoms with Crippen LogP contribution in [-0.2, 0) is 9.53 Å². The van der Waals surface area contributed by atoms with Gasteiger partial charge in [-0.1, -0.05) is 70.8 Å². The molecule has 0 heterocycles. The predicted octanol–water partition coefficient (Wildman–Crippen LogP) is 5.27. The van der Waals surface area contributed by atoms with Crippen molar-refractivity contribution < 1.29 is 9.53 Å². The van der Waals surface area contributed by atoms with Gasteiger partial charge >= 0.3 is 5.97 Å². The SMILES string of the molecule is C=CC(C)C(=O)OCCCCCCCCCCCC. The lowest BCUT2D eigenvalue weighted by atomic mass is 10.1.